The van der Waals surface area contributed by atoms with E-state index in [4.69, 9.17) is 29.2 Å². The molecule has 4 rings (SSSR count). The summed E-state index contributed by atoms with van der Waals surface area (Å²) in [5, 5.41) is 0. The van der Waals surface area contributed by atoms with E-state index in [0.29, 0.717) is 49.8 Å². The minimum absolute atomic E-state index is 0.259. The molecule has 0 amide bonds. The van der Waals surface area contributed by atoms with Crippen molar-refractivity contribution in [3.05, 3.63) is 17.8 Å². The summed E-state index contributed by atoms with van der Waals surface area (Å²) in [5.74, 6) is 1.65. The molecule has 2 fully saturated rings. The predicted octanol–water partition coefficient (Wildman–Crippen LogP) is 0.841. The van der Waals surface area contributed by atoms with E-state index in [1.807, 2.05) is 13.0 Å². The topological polar surface area (TPSA) is 103 Å². The van der Waals surface area contributed by atoms with Crippen molar-refractivity contribution in [2.24, 2.45) is 0 Å². The third-order valence-corrected chi connectivity index (χ3v) is 4.75. The Bertz CT molecular complexity index is 845. The molecule has 0 bridgehead atoms. The number of aryl methyl sites for hydroxylation is 1. The number of ether oxygens (including phenoxy) is 3. The van der Waals surface area contributed by atoms with Gasteiger partial charge in [-0.15, -0.1) is 0 Å². The van der Waals surface area contributed by atoms with Gasteiger partial charge in [-0.2, -0.15) is 15.0 Å². The summed E-state index contributed by atoms with van der Waals surface area (Å²) in [6, 6.07) is 3.47. The van der Waals surface area contributed by atoms with E-state index in [-0.39, 0.29) is 5.88 Å². The smallest absolute Gasteiger partial charge is 0.309 e. The van der Waals surface area contributed by atoms with Crippen molar-refractivity contribution < 1.29 is 19.0 Å². The largest absolute Gasteiger partial charge is 0.408 e. The first-order chi connectivity index (χ1) is 14.1. The maximum atomic E-state index is 11.2. The van der Waals surface area contributed by atoms with Crippen LogP contribution in [0.25, 0.3) is 11.4 Å². The number of hydrogen-bond acceptors (Lipinski definition) is 10. The zero-order chi connectivity index (χ0) is 20.2. The van der Waals surface area contributed by atoms with Crippen LogP contribution in [0, 0.1) is 6.92 Å². The molecule has 4 heterocycles. The highest BCUT2D eigenvalue weighted by Gasteiger charge is 2.22. The number of carbonyl (C=O) groups excluding carboxylic acids is 1. The number of aromatic nitrogens is 4. The van der Waals surface area contributed by atoms with Gasteiger partial charge in [-0.1, -0.05) is 0 Å². The van der Waals surface area contributed by atoms with Crippen molar-refractivity contribution in [3.8, 4) is 17.3 Å². The van der Waals surface area contributed by atoms with E-state index in [2.05, 4.69) is 14.8 Å². The van der Waals surface area contributed by atoms with Crippen molar-refractivity contribution >= 4 is 17.9 Å². The molecule has 0 N–H and O–H groups in total. The number of rotatable bonds is 4. The lowest BCUT2D eigenvalue weighted by atomic mass is 10.2. The van der Waals surface area contributed by atoms with E-state index >= 15 is 0 Å². The molecule has 0 spiro atoms. The van der Waals surface area contributed by atoms with Gasteiger partial charge in [0.25, 0.3) is 0 Å². The second-order valence-corrected chi connectivity index (χ2v) is 6.83. The molecule has 2 aliphatic heterocycles. The van der Waals surface area contributed by atoms with Gasteiger partial charge in [-0.3, -0.25) is 4.79 Å². The van der Waals surface area contributed by atoms with Gasteiger partial charge in [-0.05, 0) is 13.0 Å². The van der Waals surface area contributed by atoms with Gasteiger partial charge in [0.1, 0.15) is 0 Å². The van der Waals surface area contributed by atoms with Crippen LogP contribution in [0.1, 0.15) is 12.6 Å². The summed E-state index contributed by atoms with van der Waals surface area (Å²) < 4.78 is 16.0. The lowest BCUT2D eigenvalue weighted by Crippen LogP contribution is -2.40. The molecule has 0 atom stereocenters. The van der Waals surface area contributed by atoms with Crippen LogP contribution in [0.15, 0.2) is 12.1 Å². The summed E-state index contributed by atoms with van der Waals surface area (Å²) in [5.41, 5.74) is 1.45. The van der Waals surface area contributed by atoms with Gasteiger partial charge in [0.05, 0.1) is 32.1 Å². The van der Waals surface area contributed by atoms with Crippen LogP contribution in [0.3, 0.4) is 0 Å². The molecule has 2 aliphatic rings. The first-order valence-electron chi connectivity index (χ1n) is 9.68. The van der Waals surface area contributed by atoms with Crippen LogP contribution in [-0.2, 0) is 14.3 Å². The molecule has 2 aromatic rings. The Hall–Kier alpha value is -2.85. The van der Waals surface area contributed by atoms with Gasteiger partial charge < -0.3 is 24.0 Å². The lowest BCUT2D eigenvalue weighted by molar-refractivity contribution is -0.132. The molecule has 2 aromatic heterocycles. The Labute approximate surface area is 168 Å². The van der Waals surface area contributed by atoms with Crippen LogP contribution in [-0.4, -0.2) is 78.5 Å². The molecule has 10 heteroatoms. The number of esters is 1. The fourth-order valence-corrected chi connectivity index (χ4v) is 3.26. The summed E-state index contributed by atoms with van der Waals surface area (Å²) in [7, 11) is 0. The second kappa shape index (κ2) is 8.66. The standard InChI is InChI=1S/C19H24N6O4/c1-13-15(3-4-16(20-13)29-14(2)26)17-21-18(24-5-9-27-10-6-24)23-19(22-17)25-7-11-28-12-8-25/h3-4H,5-12H2,1-2H3. The Morgan fingerprint density at radius 1 is 0.897 bits per heavy atom. The predicted molar refractivity (Wildman–Crippen MR) is 105 cm³/mol. The van der Waals surface area contributed by atoms with Crippen molar-refractivity contribution in [3.63, 3.8) is 0 Å². The van der Waals surface area contributed by atoms with Crippen molar-refractivity contribution in [1.29, 1.82) is 0 Å². The van der Waals surface area contributed by atoms with Crippen LogP contribution in [0.4, 0.5) is 11.9 Å². The van der Waals surface area contributed by atoms with Crippen LogP contribution >= 0.6 is 0 Å². The Balaban J connectivity index is 1.72. The SMILES string of the molecule is CC(=O)Oc1ccc(-c2nc(N3CCOCC3)nc(N3CCOCC3)n2)c(C)n1. The lowest BCUT2D eigenvalue weighted by Gasteiger charge is -2.30. The first-order valence-corrected chi connectivity index (χ1v) is 9.68. The molecule has 29 heavy (non-hydrogen) atoms. The Kier molecular flexibility index (Phi) is 5.81. The highest BCUT2D eigenvalue weighted by Crippen LogP contribution is 2.26. The maximum Gasteiger partial charge on any atom is 0.309 e. The van der Waals surface area contributed by atoms with Crippen molar-refractivity contribution in [2.45, 2.75) is 13.8 Å². The summed E-state index contributed by atoms with van der Waals surface area (Å²) in [4.78, 5) is 33.9. The Morgan fingerprint density at radius 3 is 1.93 bits per heavy atom. The normalized spacial score (nSPS) is 17.3. The van der Waals surface area contributed by atoms with Gasteiger partial charge in [0, 0.05) is 44.7 Å². The minimum atomic E-state index is -0.408. The quantitative estimate of drug-likeness (QED) is 0.686. The molecular weight excluding hydrogens is 376 g/mol. The van der Waals surface area contributed by atoms with Crippen LogP contribution in [0.5, 0.6) is 5.88 Å². The number of nitrogens with zero attached hydrogens (tertiary/aromatic N) is 6. The molecule has 0 aromatic carbocycles. The molecule has 0 aliphatic carbocycles. The third-order valence-electron chi connectivity index (χ3n) is 4.75. The molecule has 154 valence electrons. The van der Waals surface area contributed by atoms with Crippen LogP contribution < -0.4 is 14.5 Å². The fourth-order valence-electron chi connectivity index (χ4n) is 3.26. The third kappa shape index (κ3) is 4.60. The van der Waals surface area contributed by atoms with Gasteiger partial charge in [0.15, 0.2) is 5.82 Å². The first kappa shape index (κ1) is 19.5. The molecule has 0 saturated carbocycles. The van der Waals surface area contributed by atoms with Gasteiger partial charge >= 0.3 is 5.97 Å². The number of morpholine rings is 2. The average Bonchev–Trinajstić information content (AvgIpc) is 2.74. The van der Waals surface area contributed by atoms with E-state index < -0.39 is 5.97 Å². The van der Waals surface area contributed by atoms with Crippen LogP contribution in [0.2, 0.25) is 0 Å². The molecular formula is C19H24N6O4. The van der Waals surface area contributed by atoms with Gasteiger partial charge in [0.2, 0.25) is 17.8 Å². The number of pyridine rings is 1. The Morgan fingerprint density at radius 2 is 1.45 bits per heavy atom. The molecule has 0 unspecified atom stereocenters. The highest BCUT2D eigenvalue weighted by molar-refractivity contribution is 5.69. The van der Waals surface area contributed by atoms with E-state index in [1.54, 1.807) is 6.07 Å². The minimum Gasteiger partial charge on any atom is -0.408 e. The summed E-state index contributed by atoms with van der Waals surface area (Å²) in [6.45, 7) is 8.69. The van der Waals surface area contributed by atoms with Gasteiger partial charge in [-0.25, -0.2) is 4.98 Å². The number of hydrogen-bond donors (Lipinski definition) is 0. The fraction of sp³-hybridized carbons (Fsp3) is 0.526. The summed E-state index contributed by atoms with van der Waals surface area (Å²) in [6.07, 6.45) is 0. The summed E-state index contributed by atoms with van der Waals surface area (Å²) >= 11 is 0. The monoisotopic (exact) mass is 400 g/mol. The number of anilines is 2. The zero-order valence-corrected chi connectivity index (χ0v) is 16.6. The van der Waals surface area contributed by atoms with E-state index in [1.165, 1.54) is 6.92 Å². The van der Waals surface area contributed by atoms with Crippen molar-refractivity contribution in [2.75, 3.05) is 62.4 Å². The molecule has 0 radical (unpaired) electrons. The molecule has 10 nitrogen and oxygen atoms in total. The van der Waals surface area contributed by atoms with E-state index in [0.717, 1.165) is 31.7 Å². The second-order valence-electron chi connectivity index (χ2n) is 6.83. The number of carbonyl (C=O) groups is 1. The zero-order valence-electron chi connectivity index (χ0n) is 16.6. The average molecular weight is 400 g/mol. The van der Waals surface area contributed by atoms with Crippen molar-refractivity contribution in [1.82, 2.24) is 19.9 Å². The highest BCUT2D eigenvalue weighted by atomic mass is 16.5. The molecule has 2 saturated heterocycles. The van der Waals surface area contributed by atoms with E-state index in [9.17, 15) is 4.79 Å². The maximum absolute atomic E-state index is 11.2.